The first-order valence-electron chi connectivity index (χ1n) is 14.2. The lowest BCUT2D eigenvalue weighted by Crippen LogP contribution is -2.38. The minimum atomic E-state index is -0.134. The number of thiocarbonyl (C=S) groups is 1. The smallest absolute Gasteiger partial charge is 0.174 e. The van der Waals surface area contributed by atoms with Crippen LogP contribution in [0.5, 0.6) is 0 Å². The molecule has 0 amide bonds. The molecule has 4 aromatic rings. The van der Waals surface area contributed by atoms with Crippen molar-refractivity contribution < 1.29 is 0 Å². The summed E-state index contributed by atoms with van der Waals surface area (Å²) >= 11 is 19.2. The maximum atomic E-state index is 7.03. The van der Waals surface area contributed by atoms with Crippen LogP contribution >= 0.6 is 35.4 Å². The first-order valence-corrected chi connectivity index (χ1v) is 15.4. The highest BCUT2D eigenvalue weighted by atomic mass is 35.5. The fraction of sp³-hybridized carbons (Fsp3) is 0.333. The van der Waals surface area contributed by atoms with E-state index in [0.29, 0.717) is 16.9 Å². The summed E-state index contributed by atoms with van der Waals surface area (Å²) in [4.78, 5) is 9.37. The van der Waals surface area contributed by atoms with Crippen LogP contribution in [-0.2, 0) is 0 Å². The minimum Gasteiger partial charge on any atom is -0.370 e. The van der Waals surface area contributed by atoms with Gasteiger partial charge < -0.3 is 19.7 Å². The highest BCUT2D eigenvalue weighted by Gasteiger charge is 2.42. The van der Waals surface area contributed by atoms with Crippen molar-refractivity contribution in [3.63, 3.8) is 0 Å². The van der Waals surface area contributed by atoms with Crippen molar-refractivity contribution in [3.05, 3.63) is 106 Å². The average molecular weight is 605 g/mol. The number of rotatable bonds is 5. The Bertz CT molecular complexity index is 1560. The molecule has 6 rings (SSSR count). The number of aromatic nitrogens is 2. The number of nitrogens with zero attached hydrogens (tertiary/aromatic N) is 4. The van der Waals surface area contributed by atoms with E-state index in [2.05, 4.69) is 89.8 Å². The van der Waals surface area contributed by atoms with Crippen LogP contribution in [-0.4, -0.2) is 27.8 Å². The lowest BCUT2D eigenvalue weighted by molar-refractivity contribution is 0.357. The van der Waals surface area contributed by atoms with E-state index in [1.807, 2.05) is 30.5 Å². The van der Waals surface area contributed by atoms with E-state index in [0.717, 1.165) is 57.3 Å². The van der Waals surface area contributed by atoms with Gasteiger partial charge in [-0.2, -0.15) is 0 Å². The molecule has 2 aromatic heterocycles. The predicted octanol–water partition coefficient (Wildman–Crippen LogP) is 8.46. The van der Waals surface area contributed by atoms with Gasteiger partial charge in [0.15, 0.2) is 5.11 Å². The molecule has 2 aliphatic heterocycles. The third-order valence-electron chi connectivity index (χ3n) is 8.39. The molecule has 0 radical (unpaired) electrons. The molecule has 4 heterocycles. The molecular weight excluding hydrogens is 569 g/mol. The second kappa shape index (κ2) is 11.3. The van der Waals surface area contributed by atoms with Gasteiger partial charge in [0.2, 0.25) is 0 Å². The number of pyridine rings is 1. The van der Waals surface area contributed by atoms with Gasteiger partial charge in [-0.3, -0.25) is 4.98 Å². The zero-order chi connectivity index (χ0) is 28.8. The number of hydrogen-bond donors (Lipinski definition) is 1. The summed E-state index contributed by atoms with van der Waals surface area (Å²) in [5.41, 5.74) is 7.53. The van der Waals surface area contributed by atoms with Crippen molar-refractivity contribution in [2.24, 2.45) is 11.8 Å². The molecule has 41 heavy (non-hydrogen) atoms. The second-order valence-corrected chi connectivity index (χ2v) is 12.9. The number of anilines is 2. The van der Waals surface area contributed by atoms with E-state index in [-0.39, 0.29) is 12.1 Å². The number of nitrogens with one attached hydrogen (secondary N) is 1. The number of hydrogen-bond acceptors (Lipinski definition) is 3. The summed E-state index contributed by atoms with van der Waals surface area (Å²) in [6.45, 7) is 11.0. The van der Waals surface area contributed by atoms with Gasteiger partial charge in [-0.15, -0.1) is 0 Å². The number of piperidine rings is 1. The molecule has 0 aliphatic carbocycles. The minimum absolute atomic E-state index is 0.124. The summed E-state index contributed by atoms with van der Waals surface area (Å²) < 4.78 is 2.27. The summed E-state index contributed by atoms with van der Waals surface area (Å²) in [6, 6.07) is 22.4. The molecule has 5 nitrogen and oxygen atoms in total. The first-order chi connectivity index (χ1) is 19.7. The monoisotopic (exact) mass is 603 g/mol. The topological polar surface area (TPSA) is 36.3 Å². The molecule has 0 spiro atoms. The van der Waals surface area contributed by atoms with Crippen LogP contribution in [0.1, 0.15) is 55.0 Å². The van der Waals surface area contributed by atoms with Gasteiger partial charge >= 0.3 is 0 Å². The van der Waals surface area contributed by atoms with E-state index < -0.39 is 0 Å². The average Bonchev–Trinajstić information content (AvgIpc) is 3.44. The number of halogens is 2. The van der Waals surface area contributed by atoms with E-state index in [1.165, 1.54) is 12.0 Å². The van der Waals surface area contributed by atoms with Gasteiger partial charge in [-0.05, 0) is 111 Å². The van der Waals surface area contributed by atoms with Crippen molar-refractivity contribution >= 4 is 51.9 Å². The van der Waals surface area contributed by atoms with Gasteiger partial charge in [-0.1, -0.05) is 43.1 Å². The van der Waals surface area contributed by atoms with Crippen LogP contribution in [0.15, 0.2) is 72.9 Å². The molecule has 2 aliphatic rings. The van der Waals surface area contributed by atoms with Crippen LogP contribution < -0.4 is 15.1 Å². The van der Waals surface area contributed by atoms with Gasteiger partial charge in [0.25, 0.3) is 0 Å². The fourth-order valence-corrected chi connectivity index (χ4v) is 7.55. The largest absolute Gasteiger partial charge is 0.370 e. The predicted molar refractivity (Wildman–Crippen MR) is 175 cm³/mol. The summed E-state index contributed by atoms with van der Waals surface area (Å²) in [6.07, 6.45) is 3.09. The Morgan fingerprint density at radius 1 is 0.902 bits per heavy atom. The molecule has 2 aromatic carbocycles. The lowest BCUT2D eigenvalue weighted by Gasteiger charge is -2.37. The number of benzene rings is 2. The molecule has 2 fully saturated rings. The molecule has 0 bridgehead atoms. The Balaban J connectivity index is 1.44. The zero-order valence-electron chi connectivity index (χ0n) is 23.8. The van der Waals surface area contributed by atoms with E-state index in [4.69, 9.17) is 40.4 Å². The normalized spacial score (nSPS) is 22.7. The van der Waals surface area contributed by atoms with Crippen molar-refractivity contribution in [3.8, 4) is 5.69 Å². The molecule has 8 heteroatoms. The molecule has 1 N–H and O–H groups in total. The zero-order valence-corrected chi connectivity index (χ0v) is 26.1. The van der Waals surface area contributed by atoms with Crippen LogP contribution in [0, 0.1) is 25.7 Å². The number of aryl methyl sites for hydroxylation is 1. The highest BCUT2D eigenvalue weighted by molar-refractivity contribution is 7.80. The molecular formula is C33H35Cl2N5S. The first kappa shape index (κ1) is 28.1. The van der Waals surface area contributed by atoms with Gasteiger partial charge in [-0.25, -0.2) is 0 Å². The Morgan fingerprint density at radius 3 is 2.27 bits per heavy atom. The quantitative estimate of drug-likeness (QED) is 0.231. The van der Waals surface area contributed by atoms with Crippen LogP contribution in [0.4, 0.5) is 11.4 Å². The van der Waals surface area contributed by atoms with Crippen LogP contribution in [0.25, 0.3) is 5.69 Å². The highest BCUT2D eigenvalue weighted by Crippen LogP contribution is 2.45. The summed E-state index contributed by atoms with van der Waals surface area (Å²) in [5, 5.41) is 5.72. The maximum Gasteiger partial charge on any atom is 0.174 e. The Labute approximate surface area is 258 Å². The standard InChI is InChI=1S/C33H35Cl2N5S/c1-20-15-21(2)19-38(18-20)30-13-12-26(17-28(30)35)40-32(31(37-33(40)41)29-7-5-6-14-36-29)27-16-22(3)39(23(27)4)25-10-8-24(34)9-11-25/h5-14,16-17,20-21,31-32H,15,18-19H2,1-4H3,(H,37,41)/t20-,21-,31+,32-/m1/s1. The molecule has 4 atom stereocenters. The van der Waals surface area contributed by atoms with Crippen LogP contribution in [0.3, 0.4) is 0 Å². The summed E-state index contributed by atoms with van der Waals surface area (Å²) in [5.74, 6) is 1.29. The molecule has 0 unspecified atom stereocenters. The van der Waals surface area contributed by atoms with Crippen molar-refractivity contribution in [1.29, 1.82) is 0 Å². The fourth-order valence-electron chi connectivity index (χ4n) is 6.79. The second-order valence-electron chi connectivity index (χ2n) is 11.6. The third kappa shape index (κ3) is 5.33. The van der Waals surface area contributed by atoms with Crippen LogP contribution in [0.2, 0.25) is 10.0 Å². The van der Waals surface area contributed by atoms with Crippen molar-refractivity contribution in [2.75, 3.05) is 22.9 Å². The maximum absolute atomic E-state index is 7.03. The van der Waals surface area contributed by atoms with Crippen molar-refractivity contribution in [2.45, 2.75) is 46.2 Å². The van der Waals surface area contributed by atoms with Gasteiger partial charge in [0, 0.05) is 47.1 Å². The van der Waals surface area contributed by atoms with Gasteiger partial charge in [0.05, 0.1) is 28.5 Å². The van der Waals surface area contributed by atoms with E-state index in [9.17, 15) is 0 Å². The van der Waals surface area contributed by atoms with Crippen molar-refractivity contribution in [1.82, 2.24) is 14.9 Å². The molecule has 0 saturated carbocycles. The van der Waals surface area contributed by atoms with E-state index in [1.54, 1.807) is 0 Å². The van der Waals surface area contributed by atoms with E-state index >= 15 is 0 Å². The summed E-state index contributed by atoms with van der Waals surface area (Å²) in [7, 11) is 0. The lowest BCUT2D eigenvalue weighted by atomic mass is 9.91. The Kier molecular flexibility index (Phi) is 7.75. The Hall–Kier alpha value is -3.06. The third-order valence-corrected chi connectivity index (χ3v) is 9.26. The molecule has 212 valence electrons. The SMILES string of the molecule is Cc1cc([C@@H]2[C@H](c3ccccn3)NC(=S)N2c2ccc(N3C[C@H](C)C[C@@H](C)C3)c(Cl)c2)c(C)n1-c1ccc(Cl)cc1. The molecule has 2 saturated heterocycles. The Morgan fingerprint density at radius 2 is 1.61 bits per heavy atom. The van der Waals surface area contributed by atoms with Gasteiger partial charge in [0.1, 0.15) is 0 Å².